The molecular weight excluding hydrogens is 356 g/mol. The van der Waals surface area contributed by atoms with Crippen LogP contribution in [0.3, 0.4) is 0 Å². The van der Waals surface area contributed by atoms with Crippen molar-refractivity contribution in [2.24, 2.45) is 0 Å². The maximum Gasteiger partial charge on any atom is 0.280 e. The van der Waals surface area contributed by atoms with Gasteiger partial charge in [-0.3, -0.25) is 4.79 Å². The van der Waals surface area contributed by atoms with E-state index >= 15 is 0 Å². The highest BCUT2D eigenvalue weighted by Gasteiger charge is 2.24. The highest BCUT2D eigenvalue weighted by molar-refractivity contribution is 7.16. The third-order valence-electron chi connectivity index (χ3n) is 5.10. The molecule has 27 heavy (non-hydrogen) atoms. The Morgan fingerprint density at radius 2 is 2.04 bits per heavy atom. The highest BCUT2D eigenvalue weighted by Crippen LogP contribution is 2.38. The number of carbonyl (C=O) groups is 1. The summed E-state index contributed by atoms with van der Waals surface area (Å²) >= 11 is 1.58. The quantitative estimate of drug-likeness (QED) is 0.771. The van der Waals surface area contributed by atoms with Crippen LogP contribution >= 0.6 is 11.3 Å². The Hall–Kier alpha value is -2.36. The average molecular weight is 384 g/mol. The van der Waals surface area contributed by atoms with Crippen LogP contribution in [0.15, 0.2) is 24.3 Å². The SMILES string of the molecule is CC[NH+](CC(=O)Nc1sc2c(c1C#N)CCC2)Cc1ccc(N(C)C)cc1. The van der Waals surface area contributed by atoms with E-state index in [0.29, 0.717) is 12.1 Å². The zero-order valence-corrected chi connectivity index (χ0v) is 17.1. The van der Waals surface area contributed by atoms with E-state index < -0.39 is 0 Å². The van der Waals surface area contributed by atoms with Gasteiger partial charge in [-0.25, -0.2) is 0 Å². The summed E-state index contributed by atoms with van der Waals surface area (Å²) in [7, 11) is 4.05. The lowest BCUT2D eigenvalue weighted by Crippen LogP contribution is -3.11. The first kappa shape index (κ1) is 19.4. The van der Waals surface area contributed by atoms with Crippen LogP contribution in [0.1, 0.15) is 34.9 Å². The van der Waals surface area contributed by atoms with Crippen LogP contribution in [0.4, 0.5) is 10.7 Å². The first-order chi connectivity index (χ1) is 13.0. The number of nitriles is 1. The smallest absolute Gasteiger partial charge is 0.280 e. The van der Waals surface area contributed by atoms with Gasteiger partial charge in [0.1, 0.15) is 17.6 Å². The topological polar surface area (TPSA) is 60.6 Å². The summed E-state index contributed by atoms with van der Waals surface area (Å²) in [6.07, 6.45) is 3.10. The van der Waals surface area contributed by atoms with Crippen molar-refractivity contribution in [2.75, 3.05) is 37.4 Å². The largest absolute Gasteiger partial charge is 0.378 e. The fourth-order valence-electron chi connectivity index (χ4n) is 3.52. The van der Waals surface area contributed by atoms with Gasteiger partial charge in [-0.1, -0.05) is 12.1 Å². The van der Waals surface area contributed by atoms with Crippen molar-refractivity contribution in [3.05, 3.63) is 45.8 Å². The molecule has 0 aliphatic heterocycles. The van der Waals surface area contributed by atoms with Gasteiger partial charge in [0.25, 0.3) is 5.91 Å². The lowest BCUT2D eigenvalue weighted by Gasteiger charge is -2.18. The molecule has 0 spiro atoms. The number of quaternary nitrogens is 1. The molecule has 1 aromatic carbocycles. The fourth-order valence-corrected chi connectivity index (χ4v) is 4.78. The Bertz CT molecular complexity index is 848. The van der Waals surface area contributed by atoms with E-state index in [0.717, 1.165) is 42.9 Å². The van der Waals surface area contributed by atoms with Gasteiger partial charge in [0, 0.05) is 30.2 Å². The third kappa shape index (κ3) is 4.49. The molecule has 3 rings (SSSR count). The third-order valence-corrected chi connectivity index (χ3v) is 6.31. The molecule has 0 fully saturated rings. The minimum absolute atomic E-state index is 0.0202. The summed E-state index contributed by atoms with van der Waals surface area (Å²) < 4.78 is 0. The van der Waals surface area contributed by atoms with Gasteiger partial charge in [0.15, 0.2) is 6.54 Å². The van der Waals surface area contributed by atoms with E-state index in [1.807, 2.05) is 14.1 Å². The van der Waals surface area contributed by atoms with E-state index in [9.17, 15) is 10.1 Å². The van der Waals surface area contributed by atoms with Gasteiger partial charge >= 0.3 is 0 Å². The van der Waals surface area contributed by atoms with Gasteiger partial charge in [-0.15, -0.1) is 11.3 Å². The van der Waals surface area contributed by atoms with Crippen molar-refractivity contribution in [2.45, 2.75) is 32.7 Å². The number of amides is 1. The van der Waals surface area contributed by atoms with Gasteiger partial charge in [-0.2, -0.15) is 5.26 Å². The Balaban J connectivity index is 1.61. The van der Waals surface area contributed by atoms with Gasteiger partial charge in [0.05, 0.1) is 12.1 Å². The van der Waals surface area contributed by atoms with Crippen LogP contribution < -0.4 is 15.1 Å². The van der Waals surface area contributed by atoms with Gasteiger partial charge < -0.3 is 15.1 Å². The zero-order valence-electron chi connectivity index (χ0n) is 16.3. The molecule has 0 radical (unpaired) electrons. The number of rotatable bonds is 7. The van der Waals surface area contributed by atoms with E-state index in [4.69, 9.17) is 0 Å². The second kappa shape index (κ2) is 8.55. The second-order valence-corrected chi connectivity index (χ2v) is 8.34. The molecule has 2 aromatic rings. The number of thiophene rings is 1. The van der Waals surface area contributed by atoms with Crippen LogP contribution in [0.2, 0.25) is 0 Å². The fraction of sp³-hybridized carbons (Fsp3) is 0.429. The first-order valence-electron chi connectivity index (χ1n) is 9.46. The molecule has 1 aliphatic carbocycles. The van der Waals surface area contributed by atoms with Crippen LogP contribution in [-0.4, -0.2) is 33.1 Å². The second-order valence-electron chi connectivity index (χ2n) is 7.24. The zero-order chi connectivity index (χ0) is 19.4. The molecule has 1 amide bonds. The monoisotopic (exact) mass is 383 g/mol. The van der Waals surface area contributed by atoms with Crippen molar-refractivity contribution < 1.29 is 9.69 Å². The number of nitrogens with zero attached hydrogens (tertiary/aromatic N) is 2. The molecule has 2 N–H and O–H groups in total. The van der Waals surface area contributed by atoms with Crippen molar-refractivity contribution in [3.8, 4) is 6.07 Å². The highest BCUT2D eigenvalue weighted by atomic mass is 32.1. The minimum Gasteiger partial charge on any atom is -0.378 e. The molecular formula is C21H27N4OS+. The summed E-state index contributed by atoms with van der Waals surface area (Å²) in [5.74, 6) is -0.0202. The van der Waals surface area contributed by atoms with Crippen molar-refractivity contribution in [3.63, 3.8) is 0 Å². The van der Waals surface area contributed by atoms with Crippen molar-refractivity contribution in [1.82, 2.24) is 0 Å². The molecule has 0 saturated carbocycles. The maximum absolute atomic E-state index is 12.6. The van der Waals surface area contributed by atoms with Gasteiger partial charge in [-0.05, 0) is 43.9 Å². The molecule has 1 heterocycles. The van der Waals surface area contributed by atoms with Crippen molar-refractivity contribution >= 4 is 27.9 Å². The van der Waals surface area contributed by atoms with Crippen LogP contribution in [-0.2, 0) is 24.2 Å². The average Bonchev–Trinajstić information content (AvgIpc) is 3.22. The predicted octanol–water partition coefficient (Wildman–Crippen LogP) is 2.22. The molecule has 1 atom stereocenters. The maximum atomic E-state index is 12.6. The van der Waals surface area contributed by atoms with Crippen molar-refractivity contribution in [1.29, 1.82) is 5.26 Å². The summed E-state index contributed by atoms with van der Waals surface area (Å²) in [5.41, 5.74) is 4.22. The van der Waals surface area contributed by atoms with Crippen LogP contribution in [0.5, 0.6) is 0 Å². The summed E-state index contributed by atoms with van der Waals surface area (Å²) in [5, 5.41) is 13.2. The number of fused-ring (bicyclic) bond motifs is 1. The summed E-state index contributed by atoms with van der Waals surface area (Å²) in [6.45, 7) is 4.18. The molecule has 1 unspecified atom stereocenters. The lowest BCUT2D eigenvalue weighted by atomic mass is 10.1. The number of benzene rings is 1. The predicted molar refractivity (Wildman–Crippen MR) is 111 cm³/mol. The van der Waals surface area contributed by atoms with Crippen LogP contribution in [0.25, 0.3) is 0 Å². The molecule has 1 aliphatic rings. The molecule has 1 aromatic heterocycles. The molecule has 0 saturated heterocycles. The summed E-state index contributed by atoms with van der Waals surface area (Å²) in [4.78, 5) is 17.1. The molecule has 6 heteroatoms. The van der Waals surface area contributed by atoms with E-state index in [1.165, 1.54) is 21.0 Å². The Morgan fingerprint density at radius 3 is 2.67 bits per heavy atom. The number of aryl methyl sites for hydroxylation is 1. The number of likely N-dealkylation sites (N-methyl/N-ethyl adjacent to an activating group) is 1. The number of nitrogens with one attached hydrogen (secondary N) is 2. The van der Waals surface area contributed by atoms with E-state index in [2.05, 4.69) is 47.5 Å². The summed E-state index contributed by atoms with van der Waals surface area (Å²) in [6, 6.07) is 10.8. The van der Waals surface area contributed by atoms with Crippen LogP contribution in [0, 0.1) is 11.3 Å². The number of carbonyl (C=O) groups excluding carboxylic acids is 1. The first-order valence-corrected chi connectivity index (χ1v) is 10.3. The molecule has 0 bridgehead atoms. The normalized spacial score (nSPS) is 13.7. The van der Waals surface area contributed by atoms with E-state index in [1.54, 1.807) is 11.3 Å². The van der Waals surface area contributed by atoms with E-state index in [-0.39, 0.29) is 5.91 Å². The number of hydrogen-bond acceptors (Lipinski definition) is 4. The Kier molecular flexibility index (Phi) is 6.15. The lowest BCUT2D eigenvalue weighted by molar-refractivity contribution is -0.903. The number of hydrogen-bond donors (Lipinski definition) is 2. The Labute approximate surface area is 165 Å². The van der Waals surface area contributed by atoms with Gasteiger partial charge in [0.2, 0.25) is 0 Å². The molecule has 5 nitrogen and oxygen atoms in total. The number of anilines is 2. The minimum atomic E-state index is -0.0202. The molecule has 142 valence electrons. The Morgan fingerprint density at radius 1 is 1.30 bits per heavy atom. The standard InChI is InChI=1S/C21H26N4OS/c1-4-25(13-15-8-10-16(11-9-15)24(2)3)14-20(26)23-21-18(12-22)17-6-5-7-19(17)27-21/h8-11H,4-7,13-14H2,1-3H3,(H,23,26)/p+1.